The van der Waals surface area contributed by atoms with Gasteiger partial charge >= 0.3 is 0 Å². The molecule has 0 atom stereocenters. The molecule has 0 nitrogen and oxygen atoms in total. The van der Waals surface area contributed by atoms with Crippen molar-refractivity contribution >= 4 is 22.6 Å². The van der Waals surface area contributed by atoms with E-state index in [4.69, 9.17) is 0 Å². The molecule has 0 aliphatic carbocycles. The van der Waals surface area contributed by atoms with E-state index >= 15 is 0 Å². The lowest BCUT2D eigenvalue weighted by Gasteiger charge is -2.30. The number of hydrogen-bond donors (Lipinski definition) is 0. The van der Waals surface area contributed by atoms with Crippen LogP contribution in [0, 0.1) is 0 Å². The van der Waals surface area contributed by atoms with Crippen LogP contribution in [0.3, 0.4) is 0 Å². The van der Waals surface area contributed by atoms with Gasteiger partial charge in [-0.25, -0.2) is 0 Å². The first-order valence-electron chi connectivity index (χ1n) is 8.45. The molecule has 0 aliphatic rings. The molecule has 0 heterocycles. The van der Waals surface area contributed by atoms with Gasteiger partial charge < -0.3 is 0 Å². The van der Waals surface area contributed by atoms with Crippen molar-refractivity contribution in [3.8, 4) is 0 Å². The summed E-state index contributed by atoms with van der Waals surface area (Å²) in [6.07, 6.45) is 11.8. The van der Waals surface area contributed by atoms with Crippen LogP contribution < -0.4 is 0 Å². The highest BCUT2D eigenvalue weighted by atomic mass is 127. The molecule has 0 amide bonds. The van der Waals surface area contributed by atoms with E-state index in [1.165, 1.54) is 57.8 Å². The minimum atomic E-state index is 0.355. The Kier molecular flexibility index (Phi) is 8.83. The Hall–Kier alpha value is -0.0500. The van der Waals surface area contributed by atoms with Gasteiger partial charge in [0.05, 0.1) is 0 Å². The Morgan fingerprint density at radius 1 is 0.850 bits per heavy atom. The van der Waals surface area contributed by atoms with Gasteiger partial charge in [0.15, 0.2) is 0 Å². The standard InChI is InChI=1S/C19H31I/c1-4-7-12-17-13-10-11-14-18(17)19(20,15-8-5-2)16-9-6-3/h10-11,13-14H,4-9,12,15-16H2,1-3H3. The van der Waals surface area contributed by atoms with E-state index < -0.39 is 0 Å². The largest absolute Gasteiger partial charge is 0.0736 e. The van der Waals surface area contributed by atoms with Gasteiger partial charge in [-0.1, -0.05) is 99.7 Å². The second kappa shape index (κ2) is 9.81. The maximum absolute atomic E-state index is 2.76. The average molecular weight is 386 g/mol. The Morgan fingerprint density at radius 3 is 1.95 bits per heavy atom. The zero-order valence-electron chi connectivity index (χ0n) is 13.6. The number of benzene rings is 1. The fourth-order valence-corrected chi connectivity index (χ4v) is 4.14. The molecule has 0 bridgehead atoms. The molecular weight excluding hydrogens is 355 g/mol. The van der Waals surface area contributed by atoms with Crippen LogP contribution in [-0.2, 0) is 9.84 Å². The number of rotatable bonds is 10. The quantitative estimate of drug-likeness (QED) is 0.299. The average Bonchev–Trinajstić information content (AvgIpc) is 2.49. The van der Waals surface area contributed by atoms with E-state index in [0.717, 1.165) is 0 Å². The lowest BCUT2D eigenvalue weighted by Crippen LogP contribution is -2.20. The lowest BCUT2D eigenvalue weighted by molar-refractivity contribution is 0.499. The van der Waals surface area contributed by atoms with Crippen LogP contribution in [0.25, 0.3) is 0 Å². The van der Waals surface area contributed by atoms with Crippen molar-refractivity contribution in [1.82, 2.24) is 0 Å². The first-order valence-corrected chi connectivity index (χ1v) is 9.53. The van der Waals surface area contributed by atoms with Crippen molar-refractivity contribution in [2.24, 2.45) is 0 Å². The van der Waals surface area contributed by atoms with Gasteiger partial charge in [0, 0.05) is 3.42 Å². The van der Waals surface area contributed by atoms with Crippen LogP contribution in [0.4, 0.5) is 0 Å². The van der Waals surface area contributed by atoms with Crippen LogP contribution in [0.5, 0.6) is 0 Å². The van der Waals surface area contributed by atoms with Gasteiger partial charge in [0.2, 0.25) is 0 Å². The molecule has 0 saturated heterocycles. The van der Waals surface area contributed by atoms with Gasteiger partial charge in [0.25, 0.3) is 0 Å². The van der Waals surface area contributed by atoms with Gasteiger partial charge in [-0.05, 0) is 36.8 Å². The van der Waals surface area contributed by atoms with Gasteiger partial charge in [-0.2, -0.15) is 0 Å². The topological polar surface area (TPSA) is 0 Å². The number of alkyl halides is 1. The maximum Gasteiger partial charge on any atom is 0.0473 e. The van der Waals surface area contributed by atoms with Crippen LogP contribution in [-0.4, -0.2) is 0 Å². The van der Waals surface area contributed by atoms with E-state index in [-0.39, 0.29) is 0 Å². The highest BCUT2D eigenvalue weighted by molar-refractivity contribution is 14.1. The second-order valence-electron chi connectivity index (χ2n) is 5.93. The van der Waals surface area contributed by atoms with Gasteiger partial charge in [0.1, 0.15) is 0 Å². The fraction of sp³-hybridized carbons (Fsp3) is 0.684. The summed E-state index contributed by atoms with van der Waals surface area (Å²) >= 11 is 2.76. The van der Waals surface area contributed by atoms with Crippen molar-refractivity contribution in [3.63, 3.8) is 0 Å². The highest BCUT2D eigenvalue weighted by Crippen LogP contribution is 2.43. The molecule has 0 fully saturated rings. The summed E-state index contributed by atoms with van der Waals surface area (Å²) in [6.45, 7) is 6.90. The Bertz CT molecular complexity index is 362. The van der Waals surface area contributed by atoms with Crippen molar-refractivity contribution in [1.29, 1.82) is 0 Å². The summed E-state index contributed by atoms with van der Waals surface area (Å²) in [6, 6.07) is 9.19. The molecular formula is C19H31I. The molecule has 0 saturated carbocycles. The van der Waals surface area contributed by atoms with Crippen LogP contribution in [0.1, 0.15) is 83.3 Å². The summed E-state index contributed by atoms with van der Waals surface area (Å²) in [5, 5.41) is 0. The third-order valence-electron chi connectivity index (χ3n) is 4.15. The number of hydrogen-bond acceptors (Lipinski definition) is 0. The van der Waals surface area contributed by atoms with E-state index in [2.05, 4.69) is 67.6 Å². The minimum absolute atomic E-state index is 0.355. The monoisotopic (exact) mass is 386 g/mol. The van der Waals surface area contributed by atoms with Crippen molar-refractivity contribution in [2.75, 3.05) is 0 Å². The third kappa shape index (κ3) is 5.38. The molecule has 0 N–H and O–H groups in total. The number of halogens is 1. The van der Waals surface area contributed by atoms with Crippen molar-refractivity contribution in [2.45, 2.75) is 82.0 Å². The van der Waals surface area contributed by atoms with E-state index in [9.17, 15) is 0 Å². The summed E-state index contributed by atoms with van der Waals surface area (Å²) < 4.78 is 0.355. The zero-order chi connectivity index (χ0) is 14.8. The predicted octanol–water partition coefficient (Wildman–Crippen LogP) is 7.04. The molecule has 1 aromatic rings. The molecule has 0 aliphatic heterocycles. The summed E-state index contributed by atoms with van der Waals surface area (Å²) in [5.74, 6) is 0. The normalized spacial score (nSPS) is 11.8. The summed E-state index contributed by atoms with van der Waals surface area (Å²) in [4.78, 5) is 0. The Morgan fingerprint density at radius 2 is 1.40 bits per heavy atom. The van der Waals surface area contributed by atoms with Crippen LogP contribution >= 0.6 is 22.6 Å². The maximum atomic E-state index is 2.76. The lowest BCUT2D eigenvalue weighted by atomic mass is 9.85. The predicted molar refractivity (Wildman–Crippen MR) is 99.8 cm³/mol. The van der Waals surface area contributed by atoms with Crippen molar-refractivity contribution < 1.29 is 0 Å². The van der Waals surface area contributed by atoms with Gasteiger partial charge in [-0.15, -0.1) is 0 Å². The zero-order valence-corrected chi connectivity index (χ0v) is 15.7. The smallest absolute Gasteiger partial charge is 0.0473 e. The molecule has 1 heteroatoms. The van der Waals surface area contributed by atoms with Gasteiger partial charge in [-0.3, -0.25) is 0 Å². The Labute approximate surface area is 139 Å². The summed E-state index contributed by atoms with van der Waals surface area (Å²) in [5.41, 5.74) is 3.21. The number of aryl methyl sites for hydroxylation is 1. The molecule has 1 rings (SSSR count). The second-order valence-corrected chi connectivity index (χ2v) is 8.00. The summed E-state index contributed by atoms with van der Waals surface area (Å²) in [7, 11) is 0. The molecule has 0 aromatic heterocycles. The molecule has 0 radical (unpaired) electrons. The Balaban J connectivity index is 2.98. The van der Waals surface area contributed by atoms with Crippen LogP contribution in [0.15, 0.2) is 24.3 Å². The van der Waals surface area contributed by atoms with E-state index in [1.54, 1.807) is 11.1 Å². The van der Waals surface area contributed by atoms with E-state index in [0.29, 0.717) is 3.42 Å². The van der Waals surface area contributed by atoms with E-state index in [1.807, 2.05) is 0 Å². The highest BCUT2D eigenvalue weighted by Gasteiger charge is 2.29. The SMILES string of the molecule is CCCCc1ccccc1C(I)(CCCC)CCCC. The number of unbranched alkanes of at least 4 members (excludes halogenated alkanes) is 3. The molecule has 20 heavy (non-hydrogen) atoms. The minimum Gasteiger partial charge on any atom is -0.0736 e. The molecule has 0 spiro atoms. The molecule has 1 aromatic carbocycles. The third-order valence-corrected chi connectivity index (χ3v) is 5.81. The molecule has 0 unspecified atom stereocenters. The van der Waals surface area contributed by atoms with Crippen LogP contribution in [0.2, 0.25) is 0 Å². The molecule has 114 valence electrons. The first-order chi connectivity index (χ1) is 9.68. The first kappa shape index (κ1) is 18.0. The fourth-order valence-electron chi connectivity index (χ4n) is 2.85. The van der Waals surface area contributed by atoms with Crippen molar-refractivity contribution in [3.05, 3.63) is 35.4 Å².